The second-order valence-electron chi connectivity index (χ2n) is 8.28. The molecule has 336 valence electrons. The number of nitrogens with zero attached hydrogens (tertiary/aromatic N) is 8. The molecule has 0 saturated carbocycles. The van der Waals surface area contributed by atoms with Gasteiger partial charge in [0.1, 0.15) is 0 Å². The van der Waals surface area contributed by atoms with Crippen molar-refractivity contribution in [2.24, 2.45) is 34.5 Å². The van der Waals surface area contributed by atoms with Crippen molar-refractivity contribution < 1.29 is 105 Å². The molecule has 24 nitrogen and oxygen atoms in total. The van der Waals surface area contributed by atoms with E-state index in [0.29, 0.717) is 11.1 Å². The molecule has 0 fully saturated rings. The van der Waals surface area contributed by atoms with E-state index in [0.717, 1.165) is 81.4 Å². The van der Waals surface area contributed by atoms with Gasteiger partial charge in [-0.05, 0) is 11.1 Å². The van der Waals surface area contributed by atoms with Gasteiger partial charge in [-0.1, -0.05) is 60.0 Å². The molecule has 2 aromatic heterocycles. The summed E-state index contributed by atoms with van der Waals surface area (Å²) in [5, 5.41) is 140. The third kappa shape index (κ3) is 29.6. The minimum Gasteiger partial charge on any atom is -0.872 e. The van der Waals surface area contributed by atoms with Crippen molar-refractivity contribution in [2.75, 3.05) is 56.9 Å². The smallest absolute Gasteiger partial charge is 0.872 e. The second-order valence-corrected chi connectivity index (χ2v) is 8.28. The first kappa shape index (κ1) is 72.1. The third-order valence-corrected chi connectivity index (χ3v) is 5.37. The minimum absolute atomic E-state index is 0. The maximum Gasteiger partial charge on any atom is 3.00 e. The van der Waals surface area contributed by atoms with Gasteiger partial charge >= 0.3 is 34.1 Å². The number of benzene rings is 2. The standard InChI is InChI=1S/2C13H12N4O4.6CH4O.2CH3O.2Mn/c2*1-16-8-10(17(20)21)6-11(16)13(19)15-14-7-9-4-2-3-5-12(9)18;8*1-2;;/h2*2-8,18H,1H3,(H,15,19);6*2H,1H3;2*1H3;;/q;;;;;;;;2*-1;2*+3/p-4/b2*14-7+;;;;;;;;;;. The maximum absolute atomic E-state index is 11.8. The molecule has 2 aromatic carbocycles. The van der Waals surface area contributed by atoms with Crippen LogP contribution in [-0.4, -0.2) is 131 Å². The normalized spacial score (nSPS) is 9.17. The predicted octanol–water partition coefficient (Wildman–Crippen LogP) is -4.11. The van der Waals surface area contributed by atoms with Crippen molar-refractivity contribution in [1.29, 1.82) is 0 Å². The summed E-state index contributed by atoms with van der Waals surface area (Å²) in [6.07, 6.45) is 4.74. The first-order valence-electron chi connectivity index (χ1n) is 15.2. The molecule has 60 heavy (non-hydrogen) atoms. The topological polar surface area (TPSA) is 405 Å². The van der Waals surface area contributed by atoms with Crippen LogP contribution in [0, 0.1) is 20.2 Å². The average Bonchev–Trinajstić information content (AvgIpc) is 3.88. The predicted molar refractivity (Wildman–Crippen MR) is 205 cm³/mol. The van der Waals surface area contributed by atoms with Crippen LogP contribution in [0.4, 0.5) is 11.4 Å². The summed E-state index contributed by atoms with van der Waals surface area (Å²) in [4.78, 5) is 20.0. The second kappa shape index (κ2) is 49.5. The number of aliphatic hydroxyl groups excluding tert-OH is 6. The average molecular weight is 937 g/mol. The zero-order valence-corrected chi connectivity index (χ0v) is 36.5. The number of hydrogen-bond acceptors (Lipinski definition) is 20. The van der Waals surface area contributed by atoms with Gasteiger partial charge in [-0.25, -0.2) is 0 Å². The molecular weight excluding hydrogens is 886 g/mol. The molecule has 26 heteroatoms. The number of rotatable bonds is 8. The van der Waals surface area contributed by atoms with Crippen molar-refractivity contribution in [2.45, 2.75) is 0 Å². The van der Waals surface area contributed by atoms with Gasteiger partial charge in [0.2, 0.25) is 0 Å². The van der Waals surface area contributed by atoms with Crippen LogP contribution in [0.3, 0.4) is 0 Å². The van der Waals surface area contributed by atoms with Crippen LogP contribution < -0.4 is 30.6 Å². The van der Waals surface area contributed by atoms with E-state index in [1.165, 1.54) is 47.8 Å². The van der Waals surface area contributed by atoms with E-state index in [2.05, 4.69) is 20.4 Å². The molecule has 4 aromatic rings. The number of hydrogen-bond donors (Lipinski definition) is 6. The van der Waals surface area contributed by atoms with E-state index in [9.17, 15) is 40.7 Å². The summed E-state index contributed by atoms with van der Waals surface area (Å²) in [6, 6.07) is 14.5. The fourth-order valence-corrected chi connectivity index (χ4v) is 3.28. The first-order valence-corrected chi connectivity index (χ1v) is 15.2. The maximum atomic E-state index is 11.8. The number of nitro groups is 2. The Bertz CT molecular complexity index is 1630. The fraction of sp³-hybridized carbons (Fsp3) is 0.294. The Morgan fingerprint density at radius 3 is 1.02 bits per heavy atom. The van der Waals surface area contributed by atoms with Gasteiger partial charge in [0, 0.05) is 80.7 Å². The van der Waals surface area contributed by atoms with E-state index in [-0.39, 0.29) is 68.4 Å². The Morgan fingerprint density at radius 1 is 0.550 bits per heavy atom. The monoisotopic (exact) mass is 936 g/mol. The largest absolute Gasteiger partial charge is 3.00 e. The Balaban J connectivity index is -0.000000110. The Kier molecular flexibility index (Phi) is 59.5. The number of aliphatic hydroxyl groups is 6. The zero-order valence-electron chi connectivity index (χ0n) is 34.2. The first-order chi connectivity index (χ1) is 28.0. The summed E-state index contributed by atoms with van der Waals surface area (Å²) in [5.74, 6) is -1.94. The van der Waals surface area contributed by atoms with Crippen LogP contribution >= 0.6 is 0 Å². The van der Waals surface area contributed by atoms with Crippen molar-refractivity contribution in [1.82, 2.24) is 9.13 Å². The van der Waals surface area contributed by atoms with Crippen LogP contribution in [-0.2, 0) is 48.2 Å². The molecule has 0 spiro atoms. The molecule has 4 rings (SSSR count). The molecule has 0 amide bonds. The summed E-state index contributed by atoms with van der Waals surface area (Å²) in [6.45, 7) is 0. The molecule has 0 radical (unpaired) electrons. The van der Waals surface area contributed by atoms with Crippen molar-refractivity contribution in [3.63, 3.8) is 0 Å². The van der Waals surface area contributed by atoms with E-state index in [4.69, 9.17) is 40.9 Å². The Morgan fingerprint density at radius 2 is 0.800 bits per heavy atom. The number of para-hydroxylation sites is 2. The van der Waals surface area contributed by atoms with Crippen molar-refractivity contribution in [3.8, 4) is 11.5 Å². The summed E-state index contributed by atoms with van der Waals surface area (Å²) in [5.41, 5.74) is 0.261. The van der Waals surface area contributed by atoms with Gasteiger partial charge in [0.05, 0.1) is 46.1 Å². The molecule has 0 saturated heterocycles. The van der Waals surface area contributed by atoms with Crippen molar-refractivity contribution >= 4 is 35.6 Å². The molecule has 6 N–H and O–H groups in total. The van der Waals surface area contributed by atoms with E-state index >= 15 is 0 Å². The fourth-order valence-electron chi connectivity index (χ4n) is 3.28. The van der Waals surface area contributed by atoms with E-state index < -0.39 is 21.6 Å². The summed E-state index contributed by atoms with van der Waals surface area (Å²) in [7, 11) is 10.5. The number of aryl methyl sites for hydroxylation is 2. The van der Waals surface area contributed by atoms with Crippen LogP contribution in [0.25, 0.3) is 0 Å². The van der Waals surface area contributed by atoms with Gasteiger partial charge in [-0.15, -0.1) is 0 Å². The zero-order chi connectivity index (χ0) is 46.8. The summed E-state index contributed by atoms with van der Waals surface area (Å²) >= 11 is 0. The Hall–Kier alpha value is -5.60. The molecule has 0 bridgehead atoms. The van der Waals surface area contributed by atoms with Crippen molar-refractivity contribution in [3.05, 3.63) is 116 Å². The van der Waals surface area contributed by atoms with Crippen LogP contribution in [0.5, 0.6) is 11.5 Å². The van der Waals surface area contributed by atoms with Gasteiger partial charge in [0.15, 0.2) is 0 Å². The van der Waals surface area contributed by atoms with E-state index in [1.54, 1.807) is 36.4 Å². The molecule has 0 unspecified atom stereocenters. The molecule has 0 aliphatic heterocycles. The summed E-state index contributed by atoms with van der Waals surface area (Å²) < 4.78 is 2.59. The van der Waals surface area contributed by atoms with Crippen LogP contribution in [0.15, 0.2) is 93.5 Å². The molecule has 0 aliphatic rings. The Labute approximate surface area is 367 Å². The molecule has 2 heterocycles. The van der Waals surface area contributed by atoms with Gasteiger partial charge in [-0.2, -0.15) is 34.6 Å². The van der Waals surface area contributed by atoms with Gasteiger partial charge < -0.3 is 70.4 Å². The quantitative estimate of drug-likeness (QED) is 0.0321. The van der Waals surface area contributed by atoms with Crippen LogP contribution in [0.1, 0.15) is 22.5 Å². The third-order valence-electron chi connectivity index (χ3n) is 5.37. The van der Waals surface area contributed by atoms with Crippen LogP contribution in [0.2, 0.25) is 0 Å². The molecule has 0 aliphatic carbocycles. The SMILES string of the molecule is CO.CO.CO.CO.CO.CO.C[O-].C[O-].Cn1cc([N+](=O)[O-])cc1/C([O-])=N/N=C/c1ccccc1[O-].Cn1cc([N+](=O)[O-])cc1/C([O-])=N/N=C/c1ccccc1[O-].[Mn+3].[Mn+3]. The minimum atomic E-state index is -0.731. The van der Waals surface area contributed by atoms with Gasteiger partial charge in [0.25, 0.3) is 11.4 Å². The molecule has 0 atom stereocenters. The van der Waals surface area contributed by atoms with E-state index in [1.807, 2.05) is 0 Å². The molecular formula is C34H50Mn2N8O16. The van der Waals surface area contributed by atoms with Gasteiger partial charge in [-0.3, -0.25) is 20.2 Å². The number of aromatic nitrogens is 2.